The number of thiazole rings is 1. The van der Waals surface area contributed by atoms with Gasteiger partial charge in [-0.3, -0.25) is 29.0 Å². The Kier molecular flexibility index (Phi) is 15.4. The maximum absolute atomic E-state index is 13.6. The predicted molar refractivity (Wildman–Crippen MR) is 181 cm³/mol. The molecule has 2 unspecified atom stereocenters. The monoisotopic (exact) mass is 673 g/mol. The Bertz CT molecular complexity index is 1410. The first-order valence-electron chi connectivity index (χ1n) is 15.8. The Hall–Kier alpha value is -4.19. The third kappa shape index (κ3) is 12.5. The third-order valence-electron chi connectivity index (χ3n) is 7.49. The predicted octanol–water partition coefficient (Wildman–Crippen LogP) is -1.55. The minimum atomic E-state index is -0.979. The molecule has 4 amide bonds. The summed E-state index contributed by atoms with van der Waals surface area (Å²) in [6.45, 7) is 2.01. The number of aliphatic imine (C=N–C) groups is 1. The number of aromatic nitrogens is 1. The van der Waals surface area contributed by atoms with Crippen molar-refractivity contribution < 1.29 is 24.0 Å². The van der Waals surface area contributed by atoms with E-state index in [4.69, 9.17) is 17.2 Å². The number of nitrogens with one attached hydrogen (secondary N) is 6. The van der Waals surface area contributed by atoms with E-state index in [0.29, 0.717) is 48.0 Å². The molecule has 1 aromatic heterocycles. The molecule has 2 heterocycles. The van der Waals surface area contributed by atoms with E-state index >= 15 is 0 Å². The lowest BCUT2D eigenvalue weighted by Crippen LogP contribution is -2.51. The standard InChI is InChI=1S/C30H47N11O5S/c1-34-16-24(42)40-22(5-2-3-11-31)28(46)37-17-25(43)39-21(6-4-12-36-30(32)33)26(44)29-41-20-8-7-18(15-23(20)47-29)27(45)38-19-9-13-35-14-10-19/h7-8,15,19,21-22,34-35H,2-6,9-14,16-17,31H2,1H3,(H,37,46)(H,38,45)(H,39,43)(H,40,42)(H4,32,33,36). The largest absolute Gasteiger partial charge is 0.370 e. The van der Waals surface area contributed by atoms with Crippen molar-refractivity contribution in [2.24, 2.45) is 22.2 Å². The van der Waals surface area contributed by atoms with Crippen LogP contribution < -0.4 is 49.1 Å². The van der Waals surface area contributed by atoms with Gasteiger partial charge >= 0.3 is 0 Å². The SMILES string of the molecule is CNCC(=O)NC(CCCCN)C(=O)NCC(=O)NC(CCCN=C(N)N)C(=O)c1nc2ccc(C(=O)NC3CCNCC3)cc2s1. The van der Waals surface area contributed by atoms with Crippen molar-refractivity contribution in [1.82, 2.24) is 36.9 Å². The highest BCUT2D eigenvalue weighted by Crippen LogP contribution is 2.25. The maximum atomic E-state index is 13.6. The molecule has 0 spiro atoms. The van der Waals surface area contributed by atoms with Crippen LogP contribution in [0.25, 0.3) is 10.2 Å². The van der Waals surface area contributed by atoms with E-state index in [-0.39, 0.29) is 48.3 Å². The van der Waals surface area contributed by atoms with Crippen LogP contribution in [-0.4, -0.2) is 105 Å². The molecule has 0 radical (unpaired) electrons. The number of nitrogens with two attached hydrogens (primary N) is 3. The van der Waals surface area contributed by atoms with Crippen molar-refractivity contribution >= 4 is 56.9 Å². The van der Waals surface area contributed by atoms with Gasteiger partial charge in [-0.2, -0.15) is 0 Å². The zero-order chi connectivity index (χ0) is 34.2. The summed E-state index contributed by atoms with van der Waals surface area (Å²) in [5.74, 6) is -2.18. The number of carbonyl (C=O) groups is 5. The smallest absolute Gasteiger partial charge is 0.251 e. The van der Waals surface area contributed by atoms with Crippen LogP contribution in [0.3, 0.4) is 0 Å². The van der Waals surface area contributed by atoms with Crippen LogP contribution in [-0.2, 0) is 14.4 Å². The van der Waals surface area contributed by atoms with Gasteiger partial charge in [0.25, 0.3) is 5.91 Å². The van der Waals surface area contributed by atoms with E-state index in [1.807, 2.05) is 0 Å². The number of ketones is 1. The van der Waals surface area contributed by atoms with Crippen molar-refractivity contribution in [2.75, 3.05) is 46.3 Å². The van der Waals surface area contributed by atoms with Crippen LogP contribution in [0.4, 0.5) is 0 Å². The minimum absolute atomic E-state index is 0.0312. The molecule has 0 saturated carbocycles. The zero-order valence-electron chi connectivity index (χ0n) is 26.7. The van der Waals surface area contributed by atoms with Crippen LogP contribution in [0.2, 0.25) is 0 Å². The molecule has 0 aliphatic carbocycles. The van der Waals surface area contributed by atoms with Crippen LogP contribution in [0.1, 0.15) is 65.1 Å². The zero-order valence-corrected chi connectivity index (χ0v) is 27.5. The number of fused-ring (bicyclic) bond motifs is 1. The van der Waals surface area contributed by atoms with Gasteiger partial charge in [-0.15, -0.1) is 11.3 Å². The number of nitrogens with zero attached hydrogens (tertiary/aromatic N) is 2. The second-order valence-corrected chi connectivity index (χ2v) is 12.3. The first-order chi connectivity index (χ1) is 22.6. The number of amides is 4. The molecule has 17 heteroatoms. The third-order valence-corrected chi connectivity index (χ3v) is 8.52. The first-order valence-corrected chi connectivity index (χ1v) is 16.7. The molecule has 16 nitrogen and oxygen atoms in total. The second kappa shape index (κ2) is 19.5. The van der Waals surface area contributed by atoms with Gasteiger partial charge in [0, 0.05) is 18.2 Å². The second-order valence-electron chi connectivity index (χ2n) is 11.3. The van der Waals surface area contributed by atoms with E-state index in [0.717, 1.165) is 37.3 Å². The van der Waals surface area contributed by atoms with Gasteiger partial charge < -0.3 is 49.1 Å². The Morgan fingerprint density at radius 2 is 1.70 bits per heavy atom. The molecule has 12 N–H and O–H groups in total. The van der Waals surface area contributed by atoms with Gasteiger partial charge in [-0.1, -0.05) is 0 Å². The summed E-state index contributed by atoms with van der Waals surface area (Å²) in [7, 11) is 1.61. The molecule has 258 valence electrons. The Morgan fingerprint density at radius 1 is 1.00 bits per heavy atom. The van der Waals surface area contributed by atoms with Gasteiger partial charge in [0.2, 0.25) is 23.5 Å². The van der Waals surface area contributed by atoms with Gasteiger partial charge in [0.15, 0.2) is 11.0 Å². The fourth-order valence-electron chi connectivity index (χ4n) is 5.03. The molecule has 1 aliphatic rings. The maximum Gasteiger partial charge on any atom is 0.251 e. The Labute approximate surface area is 277 Å². The number of hydrogen-bond donors (Lipinski definition) is 9. The van der Waals surface area contributed by atoms with E-state index < -0.39 is 36.2 Å². The number of hydrogen-bond acceptors (Lipinski definition) is 11. The summed E-state index contributed by atoms with van der Waals surface area (Å²) >= 11 is 1.13. The molecule has 2 aromatic rings. The van der Waals surface area contributed by atoms with Crippen LogP contribution >= 0.6 is 11.3 Å². The van der Waals surface area contributed by atoms with E-state index in [1.54, 1.807) is 25.2 Å². The number of Topliss-reactive ketones (excluding diaryl/α,β-unsaturated/α-hetero) is 1. The number of unbranched alkanes of at least 4 members (excludes halogenated alkanes) is 1. The number of guanidine groups is 1. The van der Waals surface area contributed by atoms with Crippen LogP contribution in [0.15, 0.2) is 23.2 Å². The van der Waals surface area contributed by atoms with E-state index in [2.05, 4.69) is 41.9 Å². The van der Waals surface area contributed by atoms with Crippen molar-refractivity contribution in [1.29, 1.82) is 0 Å². The summed E-state index contributed by atoms with van der Waals surface area (Å²) in [6, 6.07) is 3.36. The van der Waals surface area contributed by atoms with Gasteiger partial charge in [0.05, 0.1) is 29.3 Å². The summed E-state index contributed by atoms with van der Waals surface area (Å²) in [4.78, 5) is 72.9. The number of benzene rings is 1. The average molecular weight is 674 g/mol. The van der Waals surface area contributed by atoms with Crippen molar-refractivity contribution in [2.45, 2.75) is 63.1 Å². The number of likely N-dealkylation sites (N-methyl/N-ethyl adjacent to an activating group) is 1. The minimum Gasteiger partial charge on any atom is -0.370 e. The normalized spacial score (nSPS) is 14.5. The van der Waals surface area contributed by atoms with Crippen molar-refractivity contribution in [3.8, 4) is 0 Å². The summed E-state index contributed by atoms with van der Waals surface area (Å²) in [6.07, 6.45) is 3.94. The Morgan fingerprint density at radius 3 is 2.40 bits per heavy atom. The fourth-order valence-corrected chi connectivity index (χ4v) is 6.03. The molecule has 3 rings (SSSR count). The van der Waals surface area contributed by atoms with Crippen molar-refractivity contribution in [3.05, 3.63) is 28.8 Å². The van der Waals surface area contributed by atoms with E-state index in [1.165, 1.54) is 0 Å². The number of carbonyl (C=O) groups excluding carboxylic acids is 5. The fraction of sp³-hybridized carbons (Fsp3) is 0.567. The molecule has 1 aliphatic heterocycles. The molecule has 1 saturated heterocycles. The van der Waals surface area contributed by atoms with Crippen LogP contribution in [0, 0.1) is 0 Å². The van der Waals surface area contributed by atoms with Gasteiger partial charge in [0.1, 0.15) is 6.04 Å². The molecule has 1 fully saturated rings. The summed E-state index contributed by atoms with van der Waals surface area (Å²) in [5.41, 5.74) is 17.4. The highest BCUT2D eigenvalue weighted by Gasteiger charge is 2.27. The van der Waals surface area contributed by atoms with Crippen molar-refractivity contribution in [3.63, 3.8) is 0 Å². The van der Waals surface area contributed by atoms with E-state index in [9.17, 15) is 24.0 Å². The number of piperidine rings is 1. The van der Waals surface area contributed by atoms with Crippen LogP contribution in [0.5, 0.6) is 0 Å². The summed E-state index contributed by atoms with van der Waals surface area (Å²) in [5, 5.41) is 17.1. The lowest BCUT2D eigenvalue weighted by Gasteiger charge is -2.23. The van der Waals surface area contributed by atoms with Gasteiger partial charge in [-0.25, -0.2) is 4.98 Å². The lowest BCUT2D eigenvalue weighted by molar-refractivity contribution is -0.130. The molecule has 2 atom stereocenters. The molecular weight excluding hydrogens is 626 g/mol. The molecule has 47 heavy (non-hydrogen) atoms. The molecule has 0 bridgehead atoms. The molecule has 1 aromatic carbocycles. The summed E-state index contributed by atoms with van der Waals surface area (Å²) < 4.78 is 0.658. The van der Waals surface area contributed by atoms with Gasteiger partial charge in [-0.05, 0) is 89.8 Å². The Balaban J connectivity index is 1.68. The highest BCUT2D eigenvalue weighted by atomic mass is 32.1. The average Bonchev–Trinajstić information content (AvgIpc) is 3.48. The first kappa shape index (κ1) is 37.3. The molecular formula is C30H47N11O5S. The highest BCUT2D eigenvalue weighted by molar-refractivity contribution is 7.20. The topological polar surface area (TPSA) is 261 Å². The number of rotatable bonds is 19. The quantitative estimate of drug-likeness (QED) is 0.0357. The lowest BCUT2D eigenvalue weighted by atomic mass is 10.1.